The van der Waals surface area contributed by atoms with Gasteiger partial charge in [-0.15, -0.1) is 0 Å². The average molecular weight is 272 g/mol. The Labute approximate surface area is 120 Å². The molecule has 1 amide bonds. The summed E-state index contributed by atoms with van der Waals surface area (Å²) in [5, 5.41) is 8.88. The van der Waals surface area contributed by atoms with Crippen LogP contribution in [0.3, 0.4) is 0 Å². The predicted molar refractivity (Wildman–Crippen MR) is 76.5 cm³/mol. The number of benzene rings is 1. The zero-order chi connectivity index (χ0) is 14.4. The first-order valence-corrected chi connectivity index (χ1v) is 7.16. The Balaban J connectivity index is 2.00. The lowest BCUT2D eigenvalue weighted by Crippen LogP contribution is -2.38. The molecule has 0 radical (unpaired) electrons. The van der Waals surface area contributed by atoms with Gasteiger partial charge < -0.3 is 9.64 Å². The molecule has 0 saturated carbocycles. The van der Waals surface area contributed by atoms with E-state index in [1.807, 2.05) is 30.0 Å². The molecule has 1 aliphatic heterocycles. The number of nitrogens with zero attached hydrogens (tertiary/aromatic N) is 2. The number of carbonyl (C=O) groups excluding carboxylic acids is 1. The Morgan fingerprint density at radius 1 is 1.45 bits per heavy atom. The van der Waals surface area contributed by atoms with Crippen LogP contribution in [0.1, 0.15) is 36.5 Å². The lowest BCUT2D eigenvalue weighted by molar-refractivity contribution is 0.0707. The van der Waals surface area contributed by atoms with Crippen LogP contribution in [0.15, 0.2) is 24.3 Å². The molecule has 1 heterocycles. The highest BCUT2D eigenvalue weighted by molar-refractivity contribution is 5.94. The van der Waals surface area contributed by atoms with E-state index in [2.05, 4.69) is 6.07 Å². The molecule has 106 valence electrons. The van der Waals surface area contributed by atoms with E-state index in [0.29, 0.717) is 25.3 Å². The molecule has 1 aromatic rings. The van der Waals surface area contributed by atoms with Crippen molar-refractivity contribution in [2.75, 3.05) is 19.7 Å². The quantitative estimate of drug-likeness (QED) is 0.847. The first-order valence-electron chi connectivity index (χ1n) is 7.16. The summed E-state index contributed by atoms with van der Waals surface area (Å²) < 4.78 is 5.55. The Morgan fingerprint density at radius 2 is 2.20 bits per heavy atom. The third kappa shape index (κ3) is 3.51. The second-order valence-corrected chi connectivity index (χ2v) is 5.07. The lowest BCUT2D eigenvalue weighted by Gasteiger charge is -2.29. The van der Waals surface area contributed by atoms with Gasteiger partial charge in [-0.2, -0.15) is 5.26 Å². The normalized spacial score (nSPS) is 15.7. The van der Waals surface area contributed by atoms with Gasteiger partial charge in [0, 0.05) is 24.6 Å². The third-order valence-electron chi connectivity index (χ3n) is 3.52. The van der Waals surface area contributed by atoms with Gasteiger partial charge in [0.2, 0.25) is 0 Å². The van der Waals surface area contributed by atoms with E-state index < -0.39 is 0 Å². The third-order valence-corrected chi connectivity index (χ3v) is 3.52. The van der Waals surface area contributed by atoms with Crippen LogP contribution in [-0.2, 0) is 0 Å². The van der Waals surface area contributed by atoms with Crippen LogP contribution < -0.4 is 4.74 Å². The first-order chi connectivity index (χ1) is 9.74. The van der Waals surface area contributed by atoms with Gasteiger partial charge in [0.1, 0.15) is 5.75 Å². The maximum Gasteiger partial charge on any atom is 0.253 e. The molecule has 1 saturated heterocycles. The molecule has 0 atom stereocenters. The van der Waals surface area contributed by atoms with Gasteiger partial charge >= 0.3 is 0 Å². The number of likely N-dealkylation sites (tertiary alicyclic amines) is 1. The van der Waals surface area contributed by atoms with Crippen molar-refractivity contribution < 1.29 is 9.53 Å². The van der Waals surface area contributed by atoms with Crippen molar-refractivity contribution in [1.29, 1.82) is 5.26 Å². The highest BCUT2D eigenvalue weighted by atomic mass is 16.5. The molecule has 4 heteroatoms. The van der Waals surface area contributed by atoms with Crippen molar-refractivity contribution >= 4 is 5.91 Å². The predicted octanol–water partition coefficient (Wildman–Crippen LogP) is 2.85. The van der Waals surface area contributed by atoms with Gasteiger partial charge in [0.05, 0.1) is 12.7 Å². The fraction of sp³-hybridized carbons (Fsp3) is 0.500. The van der Waals surface area contributed by atoms with Crippen molar-refractivity contribution in [3.8, 4) is 11.8 Å². The minimum Gasteiger partial charge on any atom is -0.494 e. The molecule has 0 N–H and O–H groups in total. The molecule has 4 nitrogen and oxygen atoms in total. The molecule has 0 aliphatic carbocycles. The minimum absolute atomic E-state index is 0.0309. The number of hydrogen-bond acceptors (Lipinski definition) is 3. The second-order valence-electron chi connectivity index (χ2n) is 5.07. The summed E-state index contributed by atoms with van der Waals surface area (Å²) in [5.41, 5.74) is 0.661. The van der Waals surface area contributed by atoms with Crippen LogP contribution in [0.2, 0.25) is 0 Å². The summed E-state index contributed by atoms with van der Waals surface area (Å²) in [5.74, 6) is 0.867. The number of ether oxygens (including phenoxy) is 1. The molecular formula is C16H20N2O2. The number of amides is 1. The molecule has 0 aromatic heterocycles. The molecule has 0 spiro atoms. The summed E-state index contributed by atoms with van der Waals surface area (Å²) in [4.78, 5) is 14.2. The summed E-state index contributed by atoms with van der Waals surface area (Å²) in [6, 6.07) is 9.61. The van der Waals surface area contributed by atoms with Gasteiger partial charge in [-0.3, -0.25) is 4.79 Å². The number of piperidine rings is 1. The van der Waals surface area contributed by atoms with Crippen LogP contribution in [0, 0.1) is 17.2 Å². The topological polar surface area (TPSA) is 53.3 Å². The number of rotatable bonds is 4. The standard InChI is InChI=1S/C16H20N2O2/c1-2-10-20-15-5-3-4-14(11-15)16(19)18-8-6-13(12-17)7-9-18/h3-5,11,13H,2,6-10H2,1H3. The SMILES string of the molecule is CCCOc1cccc(C(=O)N2CCC(C#N)CC2)c1. The molecule has 1 aromatic carbocycles. The fourth-order valence-corrected chi connectivity index (χ4v) is 2.33. The van der Waals surface area contributed by atoms with E-state index in [0.717, 1.165) is 25.0 Å². The van der Waals surface area contributed by atoms with E-state index in [-0.39, 0.29) is 11.8 Å². The zero-order valence-electron chi connectivity index (χ0n) is 11.8. The Kier molecular flexibility index (Phi) is 5.00. The van der Waals surface area contributed by atoms with Crippen molar-refractivity contribution in [2.24, 2.45) is 5.92 Å². The van der Waals surface area contributed by atoms with E-state index in [9.17, 15) is 4.79 Å². The summed E-state index contributed by atoms with van der Waals surface area (Å²) >= 11 is 0. The van der Waals surface area contributed by atoms with E-state index in [1.54, 1.807) is 6.07 Å². The van der Waals surface area contributed by atoms with Crippen molar-refractivity contribution in [1.82, 2.24) is 4.90 Å². The van der Waals surface area contributed by atoms with Crippen LogP contribution in [0.4, 0.5) is 0 Å². The van der Waals surface area contributed by atoms with Gasteiger partial charge in [-0.25, -0.2) is 0 Å². The Morgan fingerprint density at radius 3 is 2.85 bits per heavy atom. The smallest absolute Gasteiger partial charge is 0.253 e. The van der Waals surface area contributed by atoms with Gasteiger partial charge in [0.25, 0.3) is 5.91 Å². The minimum atomic E-state index is 0.0309. The maximum atomic E-state index is 12.4. The van der Waals surface area contributed by atoms with Gasteiger partial charge in [-0.05, 0) is 37.5 Å². The van der Waals surface area contributed by atoms with E-state index in [1.165, 1.54) is 0 Å². The second kappa shape index (κ2) is 6.95. The van der Waals surface area contributed by atoms with E-state index >= 15 is 0 Å². The Bertz CT molecular complexity index is 499. The first kappa shape index (κ1) is 14.4. The molecule has 1 fully saturated rings. The van der Waals surface area contributed by atoms with Crippen LogP contribution in [0.25, 0.3) is 0 Å². The summed E-state index contributed by atoms with van der Waals surface area (Å²) in [6.07, 6.45) is 2.49. The van der Waals surface area contributed by atoms with Gasteiger partial charge in [0.15, 0.2) is 0 Å². The van der Waals surface area contributed by atoms with Crippen molar-refractivity contribution in [3.05, 3.63) is 29.8 Å². The molecule has 2 rings (SSSR count). The molecule has 0 bridgehead atoms. The number of nitriles is 1. The Hall–Kier alpha value is -2.02. The van der Waals surface area contributed by atoms with E-state index in [4.69, 9.17) is 10.00 Å². The molecule has 0 unspecified atom stereocenters. The molecule has 1 aliphatic rings. The van der Waals surface area contributed by atoms with Crippen LogP contribution in [0.5, 0.6) is 5.75 Å². The molecule has 20 heavy (non-hydrogen) atoms. The highest BCUT2D eigenvalue weighted by Gasteiger charge is 2.23. The highest BCUT2D eigenvalue weighted by Crippen LogP contribution is 2.20. The zero-order valence-corrected chi connectivity index (χ0v) is 11.8. The average Bonchev–Trinajstić information content (AvgIpc) is 2.52. The van der Waals surface area contributed by atoms with Crippen molar-refractivity contribution in [2.45, 2.75) is 26.2 Å². The lowest BCUT2D eigenvalue weighted by atomic mass is 9.98. The summed E-state index contributed by atoms with van der Waals surface area (Å²) in [7, 11) is 0. The largest absolute Gasteiger partial charge is 0.494 e. The van der Waals surface area contributed by atoms with Crippen LogP contribution in [-0.4, -0.2) is 30.5 Å². The monoisotopic (exact) mass is 272 g/mol. The number of hydrogen-bond donors (Lipinski definition) is 0. The van der Waals surface area contributed by atoms with Gasteiger partial charge in [-0.1, -0.05) is 13.0 Å². The van der Waals surface area contributed by atoms with Crippen LogP contribution >= 0.6 is 0 Å². The van der Waals surface area contributed by atoms with Crippen molar-refractivity contribution in [3.63, 3.8) is 0 Å². The molecular weight excluding hydrogens is 252 g/mol. The fourth-order valence-electron chi connectivity index (χ4n) is 2.33. The summed E-state index contributed by atoms with van der Waals surface area (Å²) in [6.45, 7) is 4.04. The number of carbonyl (C=O) groups is 1. The maximum absolute atomic E-state index is 12.4.